The summed E-state index contributed by atoms with van der Waals surface area (Å²) in [5.41, 5.74) is 0.910. The number of rotatable bonds is 7. The van der Waals surface area contributed by atoms with Gasteiger partial charge in [-0.1, -0.05) is 12.1 Å². The molecule has 4 rings (SSSR count). The molecule has 0 atom stereocenters. The first-order chi connectivity index (χ1) is 16.8. The molecule has 3 aromatic rings. The van der Waals surface area contributed by atoms with Gasteiger partial charge in [0.2, 0.25) is 10.0 Å². The van der Waals surface area contributed by atoms with E-state index in [1.165, 1.54) is 10.5 Å². The molecule has 2 aromatic carbocycles. The van der Waals surface area contributed by atoms with Crippen LogP contribution in [0.1, 0.15) is 17.3 Å². The second-order valence-electron chi connectivity index (χ2n) is 7.78. The number of piperazine rings is 1. The average Bonchev–Trinajstić information content (AvgIpc) is 2.84. The Balaban J connectivity index is 1.38. The van der Waals surface area contributed by atoms with Gasteiger partial charge in [-0.3, -0.25) is 4.79 Å². The molecular weight excluding hydrogens is 478 g/mol. The van der Waals surface area contributed by atoms with Crippen LogP contribution >= 0.6 is 0 Å². The van der Waals surface area contributed by atoms with Crippen molar-refractivity contribution < 1.29 is 26.7 Å². The molecular formula is C24H24F2N4O4S. The zero-order valence-electron chi connectivity index (χ0n) is 18.9. The number of pyridine rings is 1. The monoisotopic (exact) mass is 502 g/mol. The molecule has 8 nitrogen and oxygen atoms in total. The van der Waals surface area contributed by atoms with E-state index >= 15 is 0 Å². The fourth-order valence-corrected chi connectivity index (χ4v) is 5.23. The molecule has 35 heavy (non-hydrogen) atoms. The third-order valence-corrected chi connectivity index (χ3v) is 7.35. The lowest BCUT2D eigenvalue weighted by atomic mass is 10.2. The molecule has 1 amide bonds. The topological polar surface area (TPSA) is 91.8 Å². The highest BCUT2D eigenvalue weighted by molar-refractivity contribution is 7.89. The number of hydrogen-bond donors (Lipinski definition) is 1. The largest absolute Gasteiger partial charge is 0.493 e. The van der Waals surface area contributed by atoms with Crippen molar-refractivity contribution >= 4 is 27.4 Å². The number of sulfonamides is 1. The Kier molecular flexibility index (Phi) is 7.27. The number of para-hydroxylation sites is 1. The van der Waals surface area contributed by atoms with Crippen LogP contribution in [-0.4, -0.2) is 56.4 Å². The molecule has 1 fully saturated rings. The number of anilines is 2. The first-order valence-electron chi connectivity index (χ1n) is 11.0. The zero-order valence-corrected chi connectivity index (χ0v) is 19.8. The Labute approximate surface area is 202 Å². The van der Waals surface area contributed by atoms with Gasteiger partial charge in [0.05, 0.1) is 29.0 Å². The molecule has 0 radical (unpaired) electrons. The van der Waals surface area contributed by atoms with Gasteiger partial charge in [-0.2, -0.15) is 4.31 Å². The maximum Gasteiger partial charge on any atom is 0.259 e. The Bertz CT molecular complexity index is 1290. The minimum Gasteiger partial charge on any atom is -0.493 e. The van der Waals surface area contributed by atoms with E-state index < -0.39 is 26.6 Å². The van der Waals surface area contributed by atoms with Crippen LogP contribution in [0.4, 0.5) is 20.3 Å². The summed E-state index contributed by atoms with van der Waals surface area (Å²) in [7, 11) is -4.02. The molecule has 1 aromatic heterocycles. The number of carbonyl (C=O) groups excluding carboxylic acids is 1. The molecule has 0 bridgehead atoms. The van der Waals surface area contributed by atoms with E-state index in [2.05, 4.69) is 10.3 Å². The lowest BCUT2D eigenvalue weighted by Crippen LogP contribution is -2.48. The summed E-state index contributed by atoms with van der Waals surface area (Å²) < 4.78 is 59.2. The van der Waals surface area contributed by atoms with E-state index in [0.29, 0.717) is 48.6 Å². The molecule has 0 unspecified atom stereocenters. The third-order valence-electron chi connectivity index (χ3n) is 5.47. The summed E-state index contributed by atoms with van der Waals surface area (Å²) in [5.74, 6) is -1.10. The molecule has 0 saturated carbocycles. The zero-order chi connectivity index (χ0) is 25.0. The number of aromatic nitrogens is 1. The number of hydrogen-bond acceptors (Lipinski definition) is 6. The van der Waals surface area contributed by atoms with Crippen LogP contribution in [0.3, 0.4) is 0 Å². The summed E-state index contributed by atoms with van der Waals surface area (Å²) in [6, 6.07) is 12.6. The number of carbonyl (C=O) groups is 1. The molecule has 1 aliphatic heterocycles. The van der Waals surface area contributed by atoms with Crippen LogP contribution in [0.15, 0.2) is 65.7 Å². The first kappa shape index (κ1) is 24.6. The van der Waals surface area contributed by atoms with Gasteiger partial charge in [-0.05, 0) is 43.3 Å². The lowest BCUT2D eigenvalue weighted by Gasteiger charge is -2.34. The fourth-order valence-electron chi connectivity index (χ4n) is 3.77. The second-order valence-corrected chi connectivity index (χ2v) is 9.72. The summed E-state index contributed by atoms with van der Waals surface area (Å²) >= 11 is 0. The fraction of sp³-hybridized carbons (Fsp3) is 0.250. The van der Waals surface area contributed by atoms with Crippen LogP contribution in [0.25, 0.3) is 0 Å². The minimum atomic E-state index is -4.02. The highest BCUT2D eigenvalue weighted by atomic mass is 32.2. The van der Waals surface area contributed by atoms with Crippen LogP contribution in [0, 0.1) is 11.6 Å². The van der Waals surface area contributed by atoms with E-state index in [4.69, 9.17) is 4.74 Å². The highest BCUT2D eigenvalue weighted by Gasteiger charge is 2.29. The van der Waals surface area contributed by atoms with Gasteiger partial charge >= 0.3 is 0 Å². The van der Waals surface area contributed by atoms with Gasteiger partial charge in [0, 0.05) is 32.2 Å². The van der Waals surface area contributed by atoms with Crippen LogP contribution in [0.5, 0.6) is 5.75 Å². The lowest BCUT2D eigenvalue weighted by molar-refractivity contribution is 0.102. The Morgan fingerprint density at radius 3 is 2.34 bits per heavy atom. The number of benzene rings is 2. The van der Waals surface area contributed by atoms with E-state index in [-0.39, 0.29) is 19.0 Å². The van der Waals surface area contributed by atoms with E-state index in [1.807, 2.05) is 11.8 Å². The van der Waals surface area contributed by atoms with Crippen molar-refractivity contribution in [2.75, 3.05) is 43.0 Å². The van der Waals surface area contributed by atoms with Crippen molar-refractivity contribution in [1.82, 2.24) is 9.29 Å². The van der Waals surface area contributed by atoms with Gasteiger partial charge in [-0.15, -0.1) is 0 Å². The molecule has 1 N–H and O–H groups in total. The predicted octanol–water partition coefficient (Wildman–Crippen LogP) is 3.52. The maximum atomic E-state index is 13.5. The standard InChI is InChI=1S/C24H24F2N4O4S/c1-2-34-22-6-4-3-5-21(22)24(31)28-19-7-8-23(27-16-19)29-9-11-30(12-10-29)35(32,33)20-14-17(25)13-18(26)15-20/h3-8,13-16H,2,9-12H2,1H3,(H,28,31). The van der Waals surface area contributed by atoms with E-state index in [9.17, 15) is 22.0 Å². The number of halogens is 2. The SMILES string of the molecule is CCOc1ccccc1C(=O)Nc1ccc(N2CCN(S(=O)(=O)c3cc(F)cc(F)c3)CC2)nc1. The molecule has 11 heteroatoms. The number of nitrogens with zero attached hydrogens (tertiary/aromatic N) is 3. The number of ether oxygens (including phenoxy) is 1. The van der Waals surface area contributed by atoms with Gasteiger partial charge in [-0.25, -0.2) is 22.2 Å². The average molecular weight is 503 g/mol. The Morgan fingerprint density at radius 1 is 1.03 bits per heavy atom. The van der Waals surface area contributed by atoms with E-state index in [1.54, 1.807) is 36.4 Å². The number of amides is 1. The molecule has 184 valence electrons. The van der Waals surface area contributed by atoms with Crippen molar-refractivity contribution in [3.05, 3.63) is 78.0 Å². The van der Waals surface area contributed by atoms with Crippen molar-refractivity contribution in [1.29, 1.82) is 0 Å². The smallest absolute Gasteiger partial charge is 0.259 e. The third kappa shape index (κ3) is 5.57. The van der Waals surface area contributed by atoms with Gasteiger partial charge in [0.1, 0.15) is 23.2 Å². The van der Waals surface area contributed by atoms with Crippen LogP contribution in [-0.2, 0) is 10.0 Å². The maximum absolute atomic E-state index is 13.5. The summed E-state index contributed by atoms with van der Waals surface area (Å²) in [6.45, 7) is 3.24. The molecule has 0 aliphatic carbocycles. The van der Waals surface area contributed by atoms with Gasteiger partial charge in [0.25, 0.3) is 5.91 Å². The van der Waals surface area contributed by atoms with Crippen molar-refractivity contribution in [3.63, 3.8) is 0 Å². The highest BCUT2D eigenvalue weighted by Crippen LogP contribution is 2.23. The Hall–Kier alpha value is -3.57. The van der Waals surface area contributed by atoms with Crippen molar-refractivity contribution in [2.24, 2.45) is 0 Å². The summed E-state index contributed by atoms with van der Waals surface area (Å²) in [6.07, 6.45) is 1.52. The van der Waals surface area contributed by atoms with Crippen molar-refractivity contribution in [3.8, 4) is 5.75 Å². The quantitative estimate of drug-likeness (QED) is 0.532. The van der Waals surface area contributed by atoms with Crippen LogP contribution in [0.2, 0.25) is 0 Å². The molecule has 2 heterocycles. The molecule has 1 saturated heterocycles. The summed E-state index contributed by atoms with van der Waals surface area (Å²) in [4.78, 5) is 18.5. The normalized spacial score (nSPS) is 14.5. The van der Waals surface area contributed by atoms with Crippen LogP contribution < -0.4 is 15.0 Å². The minimum absolute atomic E-state index is 0.134. The number of nitrogens with one attached hydrogen (secondary N) is 1. The first-order valence-corrected chi connectivity index (χ1v) is 12.4. The van der Waals surface area contributed by atoms with E-state index in [0.717, 1.165) is 12.1 Å². The second kappa shape index (κ2) is 10.4. The summed E-state index contributed by atoms with van der Waals surface area (Å²) in [5, 5.41) is 2.79. The molecule has 1 aliphatic rings. The van der Waals surface area contributed by atoms with Gasteiger partial charge < -0.3 is 15.0 Å². The van der Waals surface area contributed by atoms with Gasteiger partial charge in [0.15, 0.2) is 0 Å². The molecule has 0 spiro atoms. The van der Waals surface area contributed by atoms with Crippen molar-refractivity contribution in [2.45, 2.75) is 11.8 Å². The predicted molar refractivity (Wildman–Crippen MR) is 127 cm³/mol. The Morgan fingerprint density at radius 2 is 1.71 bits per heavy atom.